The van der Waals surface area contributed by atoms with E-state index in [1.165, 1.54) is 21.3 Å². The number of benzene rings is 1. The minimum absolute atomic E-state index is 0.0450. The fourth-order valence-electron chi connectivity index (χ4n) is 2.81. The van der Waals surface area contributed by atoms with Gasteiger partial charge >= 0.3 is 0 Å². The van der Waals surface area contributed by atoms with Crippen LogP contribution in [0.1, 0.15) is 5.56 Å². The molecule has 0 saturated carbocycles. The highest BCUT2D eigenvalue weighted by molar-refractivity contribution is 6.34. The third kappa shape index (κ3) is 3.68. The minimum Gasteiger partial charge on any atom is -0.493 e. The number of fused-ring (bicyclic) bond motifs is 1. The van der Waals surface area contributed by atoms with Gasteiger partial charge < -0.3 is 14.2 Å². The van der Waals surface area contributed by atoms with Crippen LogP contribution in [-0.2, 0) is 4.79 Å². The van der Waals surface area contributed by atoms with Crippen molar-refractivity contribution in [1.29, 1.82) is 5.26 Å². The topological polar surface area (TPSA) is 93.3 Å². The molecule has 1 aromatic carbocycles. The first-order valence-corrected chi connectivity index (χ1v) is 8.57. The van der Waals surface area contributed by atoms with Crippen molar-refractivity contribution in [3.63, 3.8) is 0 Å². The molecule has 1 aromatic rings. The number of halogens is 1. The summed E-state index contributed by atoms with van der Waals surface area (Å²) in [5, 5.41) is 10.0. The summed E-state index contributed by atoms with van der Waals surface area (Å²) in [7, 11) is 4.50. The van der Waals surface area contributed by atoms with E-state index >= 15 is 0 Å². The zero-order valence-corrected chi connectivity index (χ0v) is 16.1. The number of aliphatic imine (C=N–C) groups is 2. The van der Waals surface area contributed by atoms with Crippen molar-refractivity contribution in [1.82, 2.24) is 0 Å². The van der Waals surface area contributed by atoms with Crippen LogP contribution in [0.3, 0.4) is 0 Å². The van der Waals surface area contributed by atoms with Crippen molar-refractivity contribution in [2.75, 3.05) is 21.3 Å². The summed E-state index contributed by atoms with van der Waals surface area (Å²) in [6.07, 6.45) is 6.42. The van der Waals surface area contributed by atoms with Crippen LogP contribution >= 0.6 is 11.6 Å². The predicted molar refractivity (Wildman–Crippen MR) is 106 cm³/mol. The van der Waals surface area contributed by atoms with Crippen LogP contribution in [0.15, 0.2) is 51.0 Å². The number of carbonyl (C=O) groups excluding carboxylic acids is 1. The van der Waals surface area contributed by atoms with E-state index in [1.807, 2.05) is 6.07 Å². The third-order valence-corrected chi connectivity index (χ3v) is 4.39. The molecular formula is C20H16ClN3O4. The number of hydrogen-bond acceptors (Lipinski definition) is 6. The van der Waals surface area contributed by atoms with E-state index in [9.17, 15) is 10.1 Å². The highest BCUT2D eigenvalue weighted by atomic mass is 35.5. The highest BCUT2D eigenvalue weighted by Crippen LogP contribution is 2.38. The SMILES string of the molecule is COc1cc(/C=C(\C#N)C2=NC(=O)C3C=C(Cl)C=CC3=N2)cc(OC)c1OC. The summed E-state index contributed by atoms with van der Waals surface area (Å²) in [6.45, 7) is 0. The summed E-state index contributed by atoms with van der Waals surface area (Å²) in [5.41, 5.74) is 1.22. The van der Waals surface area contributed by atoms with E-state index in [2.05, 4.69) is 9.98 Å². The lowest BCUT2D eigenvalue weighted by atomic mass is 9.96. The number of ether oxygens (including phenoxy) is 3. The molecule has 0 spiro atoms. The molecule has 3 rings (SSSR count). The van der Waals surface area contributed by atoms with E-state index in [1.54, 1.807) is 36.4 Å². The van der Waals surface area contributed by atoms with Gasteiger partial charge in [0.2, 0.25) is 5.75 Å². The number of nitriles is 1. The fourth-order valence-corrected chi connectivity index (χ4v) is 3.00. The Kier molecular flexibility index (Phi) is 5.62. The lowest BCUT2D eigenvalue weighted by Crippen LogP contribution is -2.27. The van der Waals surface area contributed by atoms with Crippen LogP contribution in [0.4, 0.5) is 0 Å². The maximum absolute atomic E-state index is 12.3. The monoisotopic (exact) mass is 397 g/mol. The Labute approximate surface area is 166 Å². The van der Waals surface area contributed by atoms with Crippen LogP contribution in [0, 0.1) is 17.2 Å². The van der Waals surface area contributed by atoms with Gasteiger partial charge in [0.1, 0.15) is 12.0 Å². The van der Waals surface area contributed by atoms with E-state index in [-0.39, 0.29) is 11.4 Å². The van der Waals surface area contributed by atoms with Crippen LogP contribution in [-0.4, -0.2) is 38.8 Å². The summed E-state index contributed by atoms with van der Waals surface area (Å²) in [5.74, 6) is 0.311. The van der Waals surface area contributed by atoms with E-state index in [0.717, 1.165) is 0 Å². The van der Waals surface area contributed by atoms with Gasteiger partial charge in [-0.25, -0.2) is 4.99 Å². The van der Waals surface area contributed by atoms with Gasteiger partial charge in [0.15, 0.2) is 17.3 Å². The molecular weight excluding hydrogens is 382 g/mol. The van der Waals surface area contributed by atoms with Crippen LogP contribution in [0.2, 0.25) is 0 Å². The Morgan fingerprint density at radius 2 is 1.82 bits per heavy atom. The fraction of sp³-hybridized carbons (Fsp3) is 0.200. The van der Waals surface area contributed by atoms with Gasteiger partial charge in [-0.3, -0.25) is 4.79 Å². The Balaban J connectivity index is 2.03. The summed E-state index contributed by atoms with van der Waals surface area (Å²) in [4.78, 5) is 20.7. The van der Waals surface area contributed by atoms with Crippen molar-refractivity contribution in [2.24, 2.45) is 15.9 Å². The number of methoxy groups -OCH3 is 3. The van der Waals surface area contributed by atoms with E-state index in [4.69, 9.17) is 25.8 Å². The van der Waals surface area contributed by atoms with Crippen molar-refractivity contribution < 1.29 is 19.0 Å². The summed E-state index contributed by atoms with van der Waals surface area (Å²) in [6, 6.07) is 5.41. The van der Waals surface area contributed by atoms with Crippen LogP contribution < -0.4 is 14.2 Å². The number of carbonyl (C=O) groups is 1. The first kappa shape index (κ1) is 19.4. The third-order valence-electron chi connectivity index (χ3n) is 4.13. The van der Waals surface area contributed by atoms with Gasteiger partial charge in [0.25, 0.3) is 5.91 Å². The summed E-state index contributed by atoms with van der Waals surface area (Å²) >= 11 is 5.94. The maximum atomic E-state index is 12.3. The second-order valence-corrected chi connectivity index (χ2v) is 6.24. The number of allylic oxidation sites excluding steroid dienone is 3. The number of rotatable bonds is 5. The smallest absolute Gasteiger partial charge is 0.260 e. The molecule has 0 N–H and O–H groups in total. The molecule has 0 bridgehead atoms. The van der Waals surface area contributed by atoms with Gasteiger partial charge in [0.05, 0.1) is 32.6 Å². The average molecular weight is 398 g/mol. The summed E-state index contributed by atoms with van der Waals surface area (Å²) < 4.78 is 15.9. The molecule has 8 heteroatoms. The van der Waals surface area contributed by atoms with Crippen molar-refractivity contribution in [3.8, 4) is 23.3 Å². The van der Waals surface area contributed by atoms with Crippen molar-refractivity contribution >= 4 is 35.1 Å². The lowest BCUT2D eigenvalue weighted by molar-refractivity contribution is -0.118. The predicted octanol–water partition coefficient (Wildman–Crippen LogP) is 3.31. The molecule has 2 aliphatic rings. The van der Waals surface area contributed by atoms with E-state index < -0.39 is 11.8 Å². The zero-order chi connectivity index (χ0) is 20.3. The van der Waals surface area contributed by atoms with Crippen LogP contribution in [0.25, 0.3) is 6.08 Å². The molecule has 0 radical (unpaired) electrons. The quantitative estimate of drug-likeness (QED) is 0.710. The van der Waals surface area contributed by atoms with E-state index in [0.29, 0.717) is 33.6 Å². The average Bonchev–Trinajstić information content (AvgIpc) is 2.71. The zero-order valence-electron chi connectivity index (χ0n) is 15.4. The first-order chi connectivity index (χ1) is 13.5. The number of nitrogens with zero attached hydrogens (tertiary/aromatic N) is 3. The molecule has 1 heterocycles. The normalized spacial score (nSPS) is 18.4. The molecule has 28 heavy (non-hydrogen) atoms. The van der Waals surface area contributed by atoms with Gasteiger partial charge in [-0.05, 0) is 42.0 Å². The standard InChI is InChI=1S/C20H16ClN3O4/c1-26-16-7-11(8-17(27-2)18(16)28-3)6-12(10-22)19-23-15-5-4-13(21)9-14(15)20(25)24-19/h4-9,14H,1-3H3/b12-6+. The molecule has 7 nitrogen and oxygen atoms in total. The molecule has 1 amide bonds. The number of amides is 1. The Hall–Kier alpha value is -3.37. The largest absolute Gasteiger partial charge is 0.493 e. The van der Waals surface area contributed by atoms with Crippen molar-refractivity contribution in [3.05, 3.63) is 46.5 Å². The molecule has 0 saturated heterocycles. The highest BCUT2D eigenvalue weighted by Gasteiger charge is 2.29. The molecule has 1 aliphatic heterocycles. The number of amidine groups is 1. The number of hydrogen-bond donors (Lipinski definition) is 0. The van der Waals surface area contributed by atoms with Gasteiger partial charge in [-0.1, -0.05) is 11.6 Å². The Morgan fingerprint density at radius 3 is 2.39 bits per heavy atom. The lowest BCUT2D eigenvalue weighted by Gasteiger charge is -2.18. The molecule has 0 fully saturated rings. The maximum Gasteiger partial charge on any atom is 0.260 e. The van der Waals surface area contributed by atoms with Crippen LogP contribution in [0.5, 0.6) is 17.2 Å². The van der Waals surface area contributed by atoms with Gasteiger partial charge in [-0.15, -0.1) is 0 Å². The molecule has 1 atom stereocenters. The van der Waals surface area contributed by atoms with Crippen molar-refractivity contribution in [2.45, 2.75) is 0 Å². The Bertz CT molecular complexity index is 1000. The second kappa shape index (κ2) is 8.11. The molecule has 0 aromatic heterocycles. The Morgan fingerprint density at radius 1 is 1.14 bits per heavy atom. The molecule has 1 aliphatic carbocycles. The molecule has 1 unspecified atom stereocenters. The molecule has 142 valence electrons. The van der Waals surface area contributed by atoms with Gasteiger partial charge in [0, 0.05) is 5.03 Å². The minimum atomic E-state index is -0.623. The first-order valence-electron chi connectivity index (χ1n) is 8.19. The second-order valence-electron chi connectivity index (χ2n) is 5.80. The van der Waals surface area contributed by atoms with Gasteiger partial charge in [-0.2, -0.15) is 10.3 Å².